The maximum Gasteiger partial charge on any atom is 0.220 e. The first kappa shape index (κ1) is 29.1. The molecular formula is C33H46N2O4. The van der Waals surface area contributed by atoms with Crippen LogP contribution >= 0.6 is 0 Å². The van der Waals surface area contributed by atoms with Gasteiger partial charge in [-0.1, -0.05) is 32.0 Å². The maximum atomic E-state index is 12.6. The van der Waals surface area contributed by atoms with Gasteiger partial charge in [-0.05, 0) is 98.7 Å². The molecule has 6 nitrogen and oxygen atoms in total. The number of nitrogens with one attached hydrogen (secondary N) is 1. The monoisotopic (exact) mass is 534 g/mol. The quantitative estimate of drug-likeness (QED) is 0.378. The average molecular weight is 535 g/mol. The third kappa shape index (κ3) is 8.07. The molecule has 4 rings (SSSR count). The fraction of sp³-hybridized carbons (Fsp3) is 0.576. The number of carbonyl (C=O) groups is 2. The van der Waals surface area contributed by atoms with Crippen LogP contribution in [-0.2, 0) is 24.1 Å². The Morgan fingerprint density at radius 2 is 1.64 bits per heavy atom. The number of hydrogen-bond acceptors (Lipinski definition) is 5. The highest BCUT2D eigenvalue weighted by Crippen LogP contribution is 2.29. The highest BCUT2D eigenvalue weighted by atomic mass is 16.5. The van der Waals surface area contributed by atoms with Crippen LogP contribution in [-0.4, -0.2) is 56.5 Å². The maximum absolute atomic E-state index is 12.6. The molecule has 1 amide bonds. The molecule has 2 aromatic carbocycles. The van der Waals surface area contributed by atoms with Crippen LogP contribution in [0.25, 0.3) is 0 Å². The van der Waals surface area contributed by atoms with Crippen molar-refractivity contribution in [2.75, 3.05) is 33.9 Å². The number of ether oxygens (including phenoxy) is 2. The number of fused-ring (bicyclic) bond motifs is 1. The summed E-state index contributed by atoms with van der Waals surface area (Å²) in [6.45, 7) is 7.24. The number of Topliss-reactive ketones (excluding diaryl/α,β-unsaturated/α-hetero) is 1. The summed E-state index contributed by atoms with van der Waals surface area (Å²) in [7, 11) is 3.26. The number of rotatable bonds is 11. The van der Waals surface area contributed by atoms with Crippen molar-refractivity contribution in [3.05, 3.63) is 58.7 Å². The predicted octanol–water partition coefficient (Wildman–Crippen LogP) is 5.64. The van der Waals surface area contributed by atoms with Crippen LogP contribution in [0.4, 0.5) is 0 Å². The number of amides is 1. The van der Waals surface area contributed by atoms with E-state index in [9.17, 15) is 9.59 Å². The number of aryl methyl sites for hydroxylation is 1. The number of benzene rings is 2. The van der Waals surface area contributed by atoms with Gasteiger partial charge in [-0.25, -0.2) is 0 Å². The molecule has 0 atom stereocenters. The van der Waals surface area contributed by atoms with Gasteiger partial charge in [0.05, 0.1) is 14.2 Å². The van der Waals surface area contributed by atoms with Gasteiger partial charge < -0.3 is 19.7 Å². The van der Waals surface area contributed by atoms with Gasteiger partial charge in [0.2, 0.25) is 5.91 Å². The number of ketones is 1. The minimum absolute atomic E-state index is 0.0396. The summed E-state index contributed by atoms with van der Waals surface area (Å²) in [6, 6.07) is 12.5. The van der Waals surface area contributed by atoms with E-state index in [4.69, 9.17) is 9.47 Å². The smallest absolute Gasteiger partial charge is 0.220 e. The lowest BCUT2D eigenvalue weighted by molar-refractivity contribution is -0.122. The van der Waals surface area contributed by atoms with Crippen molar-refractivity contribution in [2.45, 2.75) is 77.7 Å². The normalized spacial score (nSPS) is 19.7. The molecule has 0 unspecified atom stereocenters. The Morgan fingerprint density at radius 3 is 2.33 bits per heavy atom. The van der Waals surface area contributed by atoms with Gasteiger partial charge in [0.15, 0.2) is 17.3 Å². The lowest BCUT2D eigenvalue weighted by Crippen LogP contribution is -2.38. The standard InChI is InChI=1S/C33H46N2O4/c1-23(2)33(37)28-10-9-26-16-19-35(20-17-27(26)22-28)18-15-24-5-11-29(12-6-24)34-32(36)14-8-25-7-13-30(38-3)31(21-25)39-4/h7,9-10,13,21-24,29H,5-6,8,11-12,14-20H2,1-4H3,(H,34,36). The second-order valence-corrected chi connectivity index (χ2v) is 11.6. The Bertz CT molecular complexity index is 1120. The number of methoxy groups -OCH3 is 2. The topological polar surface area (TPSA) is 67.9 Å². The van der Waals surface area contributed by atoms with E-state index >= 15 is 0 Å². The van der Waals surface area contributed by atoms with E-state index in [-0.39, 0.29) is 17.6 Å². The summed E-state index contributed by atoms with van der Waals surface area (Å²) in [5.74, 6) is 2.56. The van der Waals surface area contributed by atoms with E-state index in [1.165, 1.54) is 30.4 Å². The molecular weight excluding hydrogens is 488 g/mol. The van der Waals surface area contributed by atoms with Crippen molar-refractivity contribution in [1.29, 1.82) is 0 Å². The number of carbonyl (C=O) groups excluding carboxylic acids is 2. The molecule has 212 valence electrons. The van der Waals surface area contributed by atoms with E-state index < -0.39 is 0 Å². The second-order valence-electron chi connectivity index (χ2n) is 11.6. The number of hydrogen-bond donors (Lipinski definition) is 1. The summed E-state index contributed by atoms with van der Waals surface area (Å²) in [5.41, 5.74) is 4.70. The zero-order valence-corrected chi connectivity index (χ0v) is 24.3. The summed E-state index contributed by atoms with van der Waals surface area (Å²) in [4.78, 5) is 27.6. The molecule has 1 N–H and O–H groups in total. The molecule has 1 aliphatic heterocycles. The zero-order valence-electron chi connectivity index (χ0n) is 24.3. The molecule has 0 spiro atoms. The Balaban J connectivity index is 1.15. The molecule has 2 aliphatic rings. The Labute approximate surface area is 234 Å². The van der Waals surface area contributed by atoms with Crippen LogP contribution in [0.15, 0.2) is 36.4 Å². The van der Waals surface area contributed by atoms with Gasteiger partial charge >= 0.3 is 0 Å². The molecule has 0 saturated heterocycles. The van der Waals surface area contributed by atoms with Crippen LogP contribution < -0.4 is 14.8 Å². The Kier molecular flexibility index (Phi) is 10.4. The van der Waals surface area contributed by atoms with Crippen LogP contribution in [0.5, 0.6) is 11.5 Å². The largest absolute Gasteiger partial charge is 0.493 e. The van der Waals surface area contributed by atoms with E-state index in [0.717, 1.165) is 62.4 Å². The van der Waals surface area contributed by atoms with Crippen LogP contribution in [0.1, 0.15) is 79.4 Å². The van der Waals surface area contributed by atoms with Crippen molar-refractivity contribution in [3.8, 4) is 11.5 Å². The van der Waals surface area contributed by atoms with Gasteiger partial charge in [0.1, 0.15) is 0 Å². The first-order valence-electron chi connectivity index (χ1n) is 14.7. The predicted molar refractivity (Wildman–Crippen MR) is 156 cm³/mol. The SMILES string of the molecule is COc1ccc(CCC(=O)NC2CCC(CCN3CCc4ccc(C(=O)C(C)C)cc4CC3)CC2)cc1OC. The summed E-state index contributed by atoms with van der Waals surface area (Å²) in [6.07, 6.45) is 9.02. The Morgan fingerprint density at radius 1 is 0.923 bits per heavy atom. The average Bonchev–Trinajstić information content (AvgIpc) is 3.16. The minimum atomic E-state index is 0.0396. The molecule has 6 heteroatoms. The van der Waals surface area contributed by atoms with E-state index in [2.05, 4.69) is 22.3 Å². The Hall–Kier alpha value is -2.86. The van der Waals surface area contributed by atoms with Crippen LogP contribution in [0, 0.1) is 11.8 Å². The minimum Gasteiger partial charge on any atom is -0.493 e. The molecule has 1 aliphatic carbocycles. The zero-order chi connectivity index (χ0) is 27.8. The summed E-state index contributed by atoms with van der Waals surface area (Å²) in [5, 5.41) is 3.27. The van der Waals surface area contributed by atoms with E-state index in [1.54, 1.807) is 14.2 Å². The van der Waals surface area contributed by atoms with Crippen molar-refractivity contribution in [1.82, 2.24) is 10.2 Å². The fourth-order valence-corrected chi connectivity index (χ4v) is 6.04. The van der Waals surface area contributed by atoms with Crippen molar-refractivity contribution in [3.63, 3.8) is 0 Å². The molecule has 39 heavy (non-hydrogen) atoms. The van der Waals surface area contributed by atoms with Gasteiger partial charge in [-0.15, -0.1) is 0 Å². The highest BCUT2D eigenvalue weighted by molar-refractivity contribution is 5.97. The molecule has 0 aromatic heterocycles. The third-order valence-electron chi connectivity index (χ3n) is 8.56. The lowest BCUT2D eigenvalue weighted by atomic mass is 9.84. The van der Waals surface area contributed by atoms with Gasteiger partial charge in [-0.2, -0.15) is 0 Å². The first-order valence-corrected chi connectivity index (χ1v) is 14.7. The first-order chi connectivity index (χ1) is 18.9. The van der Waals surface area contributed by atoms with Crippen molar-refractivity contribution in [2.24, 2.45) is 11.8 Å². The van der Waals surface area contributed by atoms with Crippen molar-refractivity contribution < 1.29 is 19.1 Å². The fourth-order valence-electron chi connectivity index (χ4n) is 6.04. The van der Waals surface area contributed by atoms with E-state index in [0.29, 0.717) is 30.4 Å². The molecule has 2 aromatic rings. The molecule has 1 heterocycles. The molecule has 1 saturated carbocycles. The van der Waals surface area contributed by atoms with Gasteiger partial charge in [0.25, 0.3) is 0 Å². The third-order valence-corrected chi connectivity index (χ3v) is 8.56. The summed E-state index contributed by atoms with van der Waals surface area (Å²) < 4.78 is 10.7. The molecule has 0 bridgehead atoms. The second kappa shape index (κ2) is 14.0. The van der Waals surface area contributed by atoms with Crippen LogP contribution in [0.3, 0.4) is 0 Å². The highest BCUT2D eigenvalue weighted by Gasteiger charge is 2.24. The van der Waals surface area contributed by atoms with Gasteiger partial charge in [0, 0.05) is 37.0 Å². The molecule has 1 fully saturated rings. The summed E-state index contributed by atoms with van der Waals surface area (Å²) >= 11 is 0. The number of nitrogens with zero attached hydrogens (tertiary/aromatic N) is 1. The van der Waals surface area contributed by atoms with Crippen LogP contribution in [0.2, 0.25) is 0 Å². The van der Waals surface area contributed by atoms with Crippen molar-refractivity contribution >= 4 is 11.7 Å². The molecule has 0 radical (unpaired) electrons. The van der Waals surface area contributed by atoms with E-state index in [1.807, 2.05) is 38.1 Å². The lowest BCUT2D eigenvalue weighted by Gasteiger charge is -2.30. The van der Waals surface area contributed by atoms with Gasteiger partial charge in [-0.3, -0.25) is 9.59 Å².